The number of benzene rings is 1. The van der Waals surface area contributed by atoms with Gasteiger partial charge in [-0.15, -0.1) is 11.3 Å². The van der Waals surface area contributed by atoms with Crippen molar-refractivity contribution in [1.29, 1.82) is 0 Å². The molecule has 1 fully saturated rings. The Hall–Kier alpha value is -2.79. The topological polar surface area (TPSA) is 41.9 Å². The van der Waals surface area contributed by atoms with E-state index in [1.807, 2.05) is 18.5 Å². The molecule has 0 unspecified atom stereocenters. The van der Waals surface area contributed by atoms with E-state index in [1.54, 1.807) is 17.5 Å². The number of nitrogens with zero attached hydrogens (tertiary/aromatic N) is 4. The number of anilines is 1. The zero-order chi connectivity index (χ0) is 17.3. The lowest BCUT2D eigenvalue weighted by atomic mass is 10.1. The fourth-order valence-corrected chi connectivity index (χ4v) is 4.40. The Morgan fingerprint density at radius 3 is 2.54 bits per heavy atom. The lowest BCUT2D eigenvalue weighted by Crippen LogP contribution is -2.18. The Morgan fingerprint density at radius 1 is 0.885 bits per heavy atom. The summed E-state index contributed by atoms with van der Waals surface area (Å²) in [4.78, 5) is 16.0. The summed E-state index contributed by atoms with van der Waals surface area (Å²) in [6, 6.07) is 14.7. The van der Waals surface area contributed by atoms with E-state index in [0.717, 1.165) is 40.6 Å². The number of rotatable bonds is 3. The molecule has 0 bridgehead atoms. The summed E-state index contributed by atoms with van der Waals surface area (Å²) in [7, 11) is 0. The fraction of sp³-hybridized carbons (Fsp3) is 0.190. The zero-order valence-electron chi connectivity index (χ0n) is 14.3. The van der Waals surface area contributed by atoms with E-state index in [0.29, 0.717) is 0 Å². The van der Waals surface area contributed by atoms with Gasteiger partial charge in [0.15, 0.2) is 0 Å². The molecule has 0 spiro atoms. The van der Waals surface area contributed by atoms with Crippen LogP contribution in [0.5, 0.6) is 0 Å². The van der Waals surface area contributed by atoms with Crippen molar-refractivity contribution in [3.63, 3.8) is 0 Å². The predicted molar refractivity (Wildman–Crippen MR) is 108 cm³/mol. The Morgan fingerprint density at radius 2 is 1.77 bits per heavy atom. The molecule has 0 saturated carbocycles. The zero-order valence-corrected chi connectivity index (χ0v) is 15.1. The molecular formula is C21H18N4S. The molecule has 128 valence electrons. The molecule has 1 aliphatic rings. The minimum absolute atomic E-state index is 1.02. The quantitative estimate of drug-likeness (QED) is 0.516. The van der Waals surface area contributed by atoms with E-state index < -0.39 is 0 Å². The van der Waals surface area contributed by atoms with E-state index in [2.05, 4.69) is 51.3 Å². The van der Waals surface area contributed by atoms with Gasteiger partial charge in [-0.05, 0) is 48.7 Å². The summed E-state index contributed by atoms with van der Waals surface area (Å²) in [6.45, 7) is 2.23. The van der Waals surface area contributed by atoms with Crippen molar-refractivity contribution in [2.24, 2.45) is 0 Å². The maximum Gasteiger partial charge on any atom is 0.128 e. The molecule has 0 amide bonds. The Bertz CT molecular complexity index is 1030. The van der Waals surface area contributed by atoms with Gasteiger partial charge in [-0.1, -0.05) is 12.1 Å². The molecular weight excluding hydrogens is 340 g/mol. The Labute approximate surface area is 156 Å². The van der Waals surface area contributed by atoms with E-state index in [1.165, 1.54) is 23.1 Å². The number of aromatic nitrogens is 3. The summed E-state index contributed by atoms with van der Waals surface area (Å²) in [5, 5.41) is 1.02. The third kappa shape index (κ3) is 2.84. The van der Waals surface area contributed by atoms with Crippen molar-refractivity contribution >= 4 is 27.4 Å². The van der Waals surface area contributed by atoms with Crippen LogP contribution in [-0.2, 0) is 0 Å². The van der Waals surface area contributed by atoms with Gasteiger partial charge in [0.05, 0.1) is 10.2 Å². The second-order valence-electron chi connectivity index (χ2n) is 6.54. The maximum atomic E-state index is 4.79. The standard InChI is InChI=1S/C21H18N4S/c1-2-11-25(10-1)20-8-6-17(14-23-20)21-24-18-7-5-15(12-19(18)26-21)16-4-3-9-22-13-16/h3-9,12-14H,1-2,10-11H2. The number of pyridine rings is 2. The van der Waals surface area contributed by atoms with Crippen molar-refractivity contribution in [3.05, 3.63) is 61.1 Å². The van der Waals surface area contributed by atoms with Gasteiger partial charge in [0.1, 0.15) is 10.8 Å². The van der Waals surface area contributed by atoms with Crippen LogP contribution in [0.25, 0.3) is 31.9 Å². The van der Waals surface area contributed by atoms with Gasteiger partial charge in [0.2, 0.25) is 0 Å². The fourth-order valence-electron chi connectivity index (χ4n) is 3.41. The molecule has 3 aromatic heterocycles. The van der Waals surface area contributed by atoms with E-state index in [4.69, 9.17) is 4.98 Å². The molecule has 0 N–H and O–H groups in total. The molecule has 1 aliphatic heterocycles. The number of hydrogen-bond donors (Lipinski definition) is 0. The van der Waals surface area contributed by atoms with Crippen LogP contribution in [0.15, 0.2) is 61.1 Å². The number of fused-ring (bicyclic) bond motifs is 1. The normalized spacial score (nSPS) is 14.2. The summed E-state index contributed by atoms with van der Waals surface area (Å²) in [5.41, 5.74) is 4.41. The summed E-state index contributed by atoms with van der Waals surface area (Å²) in [6.07, 6.45) is 8.17. The minimum atomic E-state index is 1.02. The van der Waals surface area contributed by atoms with Crippen LogP contribution >= 0.6 is 11.3 Å². The largest absolute Gasteiger partial charge is 0.357 e. The van der Waals surface area contributed by atoms with Crippen LogP contribution in [0.3, 0.4) is 0 Å². The molecule has 0 atom stereocenters. The minimum Gasteiger partial charge on any atom is -0.357 e. The molecule has 4 heterocycles. The maximum absolute atomic E-state index is 4.79. The molecule has 4 aromatic rings. The summed E-state index contributed by atoms with van der Waals surface area (Å²) in [5.74, 6) is 1.08. The molecule has 1 aromatic carbocycles. The highest BCUT2D eigenvalue weighted by atomic mass is 32.1. The first kappa shape index (κ1) is 15.5. The number of thiazole rings is 1. The lowest BCUT2D eigenvalue weighted by Gasteiger charge is -2.15. The first-order valence-electron chi connectivity index (χ1n) is 8.89. The van der Waals surface area contributed by atoms with Gasteiger partial charge >= 0.3 is 0 Å². The van der Waals surface area contributed by atoms with E-state index in [-0.39, 0.29) is 0 Å². The molecule has 5 rings (SSSR count). The van der Waals surface area contributed by atoms with Crippen molar-refractivity contribution < 1.29 is 0 Å². The second kappa shape index (κ2) is 6.50. The first-order chi connectivity index (χ1) is 12.9. The van der Waals surface area contributed by atoms with Gasteiger partial charge in [0, 0.05) is 42.8 Å². The summed E-state index contributed by atoms with van der Waals surface area (Å²) >= 11 is 1.71. The molecule has 0 aliphatic carbocycles. The highest BCUT2D eigenvalue weighted by molar-refractivity contribution is 7.21. The van der Waals surface area contributed by atoms with Gasteiger partial charge in [0.25, 0.3) is 0 Å². The van der Waals surface area contributed by atoms with E-state index in [9.17, 15) is 0 Å². The van der Waals surface area contributed by atoms with Gasteiger partial charge < -0.3 is 4.90 Å². The second-order valence-corrected chi connectivity index (χ2v) is 7.57. The van der Waals surface area contributed by atoms with E-state index >= 15 is 0 Å². The average molecular weight is 358 g/mol. The highest BCUT2D eigenvalue weighted by Gasteiger charge is 2.14. The third-order valence-corrected chi connectivity index (χ3v) is 5.88. The molecule has 0 radical (unpaired) electrons. The first-order valence-corrected chi connectivity index (χ1v) is 9.71. The molecule has 4 nitrogen and oxygen atoms in total. The molecule has 26 heavy (non-hydrogen) atoms. The van der Waals surface area contributed by atoms with Crippen LogP contribution in [0.4, 0.5) is 5.82 Å². The van der Waals surface area contributed by atoms with Crippen molar-refractivity contribution in [3.8, 4) is 21.7 Å². The lowest BCUT2D eigenvalue weighted by molar-refractivity contribution is 0.938. The molecule has 5 heteroatoms. The van der Waals surface area contributed by atoms with Gasteiger partial charge in [-0.3, -0.25) is 4.98 Å². The smallest absolute Gasteiger partial charge is 0.128 e. The third-order valence-electron chi connectivity index (χ3n) is 4.81. The van der Waals surface area contributed by atoms with Crippen LogP contribution < -0.4 is 4.90 Å². The monoisotopic (exact) mass is 358 g/mol. The highest BCUT2D eigenvalue weighted by Crippen LogP contribution is 2.33. The van der Waals surface area contributed by atoms with Crippen LogP contribution in [-0.4, -0.2) is 28.0 Å². The van der Waals surface area contributed by atoms with Crippen LogP contribution in [0.1, 0.15) is 12.8 Å². The van der Waals surface area contributed by atoms with Crippen molar-refractivity contribution in [1.82, 2.24) is 15.0 Å². The van der Waals surface area contributed by atoms with Gasteiger partial charge in [-0.25, -0.2) is 9.97 Å². The van der Waals surface area contributed by atoms with Crippen molar-refractivity contribution in [2.45, 2.75) is 12.8 Å². The Balaban J connectivity index is 1.47. The summed E-state index contributed by atoms with van der Waals surface area (Å²) < 4.78 is 1.19. The number of hydrogen-bond acceptors (Lipinski definition) is 5. The Kier molecular flexibility index (Phi) is 3.87. The SMILES string of the molecule is c1cncc(-c2ccc3nc(-c4ccc(N5CCCC5)nc4)sc3c2)c1. The van der Waals surface area contributed by atoms with Gasteiger partial charge in [-0.2, -0.15) is 0 Å². The van der Waals surface area contributed by atoms with Crippen molar-refractivity contribution in [2.75, 3.05) is 18.0 Å². The van der Waals surface area contributed by atoms with Crippen LogP contribution in [0, 0.1) is 0 Å². The molecule has 1 saturated heterocycles. The van der Waals surface area contributed by atoms with Crippen LogP contribution in [0.2, 0.25) is 0 Å². The average Bonchev–Trinajstić information content (AvgIpc) is 3.38. The predicted octanol–water partition coefficient (Wildman–Crippen LogP) is 5.02.